The van der Waals surface area contributed by atoms with Crippen molar-refractivity contribution in [1.29, 1.82) is 0 Å². The lowest BCUT2D eigenvalue weighted by molar-refractivity contribution is -0.351. The maximum Gasteiger partial charge on any atom is 0.411 e. The number of anilines is 1. The molecule has 0 unspecified atom stereocenters. The summed E-state index contributed by atoms with van der Waals surface area (Å²) >= 11 is 0. The monoisotopic (exact) mass is 430 g/mol. The van der Waals surface area contributed by atoms with Crippen LogP contribution < -0.4 is 16.4 Å². The van der Waals surface area contributed by atoms with Crippen molar-refractivity contribution >= 4 is 11.6 Å². The number of benzene rings is 1. The molecule has 160 valence electrons. The fraction of sp³-hybridized carbons (Fsp3) is 0.136. The zero-order valence-corrected chi connectivity index (χ0v) is 17.2. The highest BCUT2D eigenvalue weighted by molar-refractivity contribution is 5.88. The molecule has 0 aliphatic carbocycles. The number of rotatable bonds is 5. The van der Waals surface area contributed by atoms with Crippen molar-refractivity contribution in [2.75, 3.05) is 5.73 Å². The van der Waals surface area contributed by atoms with Crippen LogP contribution in [0, 0.1) is 6.92 Å². The van der Waals surface area contributed by atoms with Gasteiger partial charge in [-0.05, 0) is 24.6 Å². The molecule has 4 aromatic heterocycles. The number of aliphatic hydroxyl groups excluding tert-OH is 1. The summed E-state index contributed by atoms with van der Waals surface area (Å²) in [7, 11) is 0. The van der Waals surface area contributed by atoms with E-state index in [1.54, 1.807) is 6.07 Å². The van der Waals surface area contributed by atoms with E-state index in [9.17, 15) is 9.90 Å². The zero-order valence-electron chi connectivity index (χ0n) is 17.2. The number of aromatic nitrogens is 6. The lowest BCUT2D eigenvalue weighted by atomic mass is 9.99. The minimum absolute atomic E-state index is 0.133. The van der Waals surface area contributed by atoms with Gasteiger partial charge in [0, 0.05) is 11.3 Å². The van der Waals surface area contributed by atoms with Gasteiger partial charge in [0.25, 0.3) is 0 Å². The Balaban J connectivity index is 1.85. The van der Waals surface area contributed by atoms with Gasteiger partial charge in [0.1, 0.15) is 17.7 Å². The average Bonchev–Trinajstić information content (AvgIpc) is 3.42. The second-order valence-electron chi connectivity index (χ2n) is 7.35. The Labute approximate surface area is 181 Å². The van der Waals surface area contributed by atoms with Gasteiger partial charge in [-0.3, -0.25) is 10.7 Å². The fourth-order valence-electron chi connectivity index (χ4n) is 3.77. The highest BCUT2D eigenvalue weighted by Crippen LogP contribution is 2.33. The van der Waals surface area contributed by atoms with E-state index < -0.39 is 5.69 Å². The summed E-state index contributed by atoms with van der Waals surface area (Å²) < 4.78 is 7.63. The Bertz CT molecular complexity index is 1470. The second kappa shape index (κ2) is 7.75. The molecule has 5 rings (SSSR count). The number of aliphatic hydroxyl groups is 1. The van der Waals surface area contributed by atoms with Gasteiger partial charge in [-0.15, -0.1) is 9.50 Å². The molecule has 0 bridgehead atoms. The molecular formula is C22H20N7O3+. The molecule has 4 heterocycles. The topological polar surface area (TPSA) is 139 Å². The van der Waals surface area contributed by atoms with Crippen LogP contribution in [0.15, 0.2) is 64.3 Å². The van der Waals surface area contributed by atoms with E-state index >= 15 is 0 Å². The molecule has 1 aromatic carbocycles. The van der Waals surface area contributed by atoms with Crippen molar-refractivity contribution in [3.8, 4) is 22.4 Å². The van der Waals surface area contributed by atoms with Gasteiger partial charge in [-0.25, -0.2) is 14.8 Å². The maximum atomic E-state index is 13.1. The molecular weight excluding hydrogens is 410 g/mol. The predicted octanol–water partition coefficient (Wildman–Crippen LogP) is 1.46. The highest BCUT2D eigenvalue weighted by atomic mass is 16.3. The van der Waals surface area contributed by atoms with Crippen molar-refractivity contribution in [2.24, 2.45) is 0 Å². The van der Waals surface area contributed by atoms with Crippen LogP contribution in [-0.4, -0.2) is 29.3 Å². The van der Waals surface area contributed by atoms with Crippen LogP contribution in [0.4, 0.5) is 5.95 Å². The summed E-state index contributed by atoms with van der Waals surface area (Å²) in [5, 5.41) is 14.3. The quantitative estimate of drug-likeness (QED) is 0.430. The first-order valence-corrected chi connectivity index (χ1v) is 9.90. The molecule has 5 aromatic rings. The molecule has 0 fully saturated rings. The molecule has 10 nitrogen and oxygen atoms in total. The first-order valence-electron chi connectivity index (χ1n) is 9.90. The van der Waals surface area contributed by atoms with Crippen molar-refractivity contribution in [3.63, 3.8) is 0 Å². The molecule has 0 radical (unpaired) electrons. The second-order valence-corrected chi connectivity index (χ2v) is 7.35. The third kappa shape index (κ3) is 3.32. The zero-order chi connectivity index (χ0) is 22.2. The number of oxazole rings is 1. The number of nitrogens with two attached hydrogens (primary N) is 1. The molecule has 32 heavy (non-hydrogen) atoms. The Kier molecular flexibility index (Phi) is 4.75. The van der Waals surface area contributed by atoms with Gasteiger partial charge in [-0.2, -0.15) is 4.68 Å². The van der Waals surface area contributed by atoms with E-state index in [2.05, 4.69) is 20.1 Å². The van der Waals surface area contributed by atoms with Gasteiger partial charge >= 0.3 is 11.6 Å². The number of H-pyrrole nitrogens is 1. The summed E-state index contributed by atoms with van der Waals surface area (Å²) in [5.74, 6) is 0.146. The lowest BCUT2D eigenvalue weighted by Gasteiger charge is -2.10. The van der Waals surface area contributed by atoms with E-state index in [4.69, 9.17) is 10.2 Å². The molecule has 0 spiro atoms. The Morgan fingerprint density at radius 1 is 1.16 bits per heavy atom. The molecule has 4 N–H and O–H groups in total. The first-order chi connectivity index (χ1) is 15.5. The Morgan fingerprint density at radius 2 is 1.97 bits per heavy atom. The van der Waals surface area contributed by atoms with Gasteiger partial charge < -0.3 is 9.52 Å². The van der Waals surface area contributed by atoms with Crippen LogP contribution in [0.3, 0.4) is 0 Å². The lowest BCUT2D eigenvalue weighted by Crippen LogP contribution is -2.28. The number of pyridine rings is 1. The van der Waals surface area contributed by atoms with Crippen LogP contribution in [0.2, 0.25) is 0 Å². The van der Waals surface area contributed by atoms with Gasteiger partial charge in [0.05, 0.1) is 24.4 Å². The Hall–Kier alpha value is -4.31. The van der Waals surface area contributed by atoms with Gasteiger partial charge in [-0.1, -0.05) is 30.3 Å². The minimum Gasteiger partial charge on any atom is -0.451 e. The molecule has 0 saturated carbocycles. The van der Waals surface area contributed by atoms with E-state index in [1.807, 2.05) is 43.3 Å². The van der Waals surface area contributed by atoms with Crippen molar-refractivity contribution in [3.05, 3.63) is 82.7 Å². The molecule has 0 aliphatic rings. The molecule has 0 aliphatic heterocycles. The third-order valence-corrected chi connectivity index (χ3v) is 5.12. The van der Waals surface area contributed by atoms with Crippen LogP contribution in [0.1, 0.15) is 17.1 Å². The number of aryl methyl sites for hydroxylation is 1. The number of aromatic amines is 1. The number of hydrogen-bond acceptors (Lipinski definition) is 7. The largest absolute Gasteiger partial charge is 0.451 e. The predicted molar refractivity (Wildman–Crippen MR) is 115 cm³/mol. The molecule has 0 saturated heterocycles. The van der Waals surface area contributed by atoms with Crippen LogP contribution in [-0.2, 0) is 13.2 Å². The molecule has 10 heteroatoms. The molecule has 0 atom stereocenters. The van der Waals surface area contributed by atoms with Crippen LogP contribution in [0.25, 0.3) is 28.0 Å². The Morgan fingerprint density at radius 3 is 2.69 bits per heavy atom. The standard InChI is InChI=1S/C22H19N7O3/c1-13-7-15(8-16(10-30)25-13)18-19(14-5-3-2-4-6-14)26-21(23)29-20(18)27-28(22(29)31)9-17-11-32-12-24-17/h2-8,11-12,30H,9-10H2,1H3,(H2,23,26)/p+1. The van der Waals surface area contributed by atoms with Gasteiger partial charge in [0.2, 0.25) is 5.65 Å². The number of nitrogen functional groups attached to an aromatic ring is 1. The SMILES string of the molecule is Cc1cc(-c2c(-c3ccccc3)[nH+]c(N)n3c(=O)n(Cc4cocn4)nc23)cc(CO)n1. The summed E-state index contributed by atoms with van der Waals surface area (Å²) in [6.07, 6.45) is 2.76. The normalized spacial score (nSPS) is 11.3. The molecule has 0 amide bonds. The first kappa shape index (κ1) is 19.6. The van der Waals surface area contributed by atoms with Crippen LogP contribution >= 0.6 is 0 Å². The number of hydrogen-bond donors (Lipinski definition) is 2. The number of nitrogens with one attached hydrogen (secondary N) is 1. The van der Waals surface area contributed by atoms with Crippen molar-refractivity contribution in [2.45, 2.75) is 20.1 Å². The summed E-state index contributed by atoms with van der Waals surface area (Å²) in [5.41, 5.74) is 11.0. The third-order valence-electron chi connectivity index (χ3n) is 5.12. The summed E-state index contributed by atoms with van der Waals surface area (Å²) in [6.45, 7) is 1.77. The van der Waals surface area contributed by atoms with E-state index in [0.717, 1.165) is 16.8 Å². The van der Waals surface area contributed by atoms with E-state index in [0.29, 0.717) is 28.3 Å². The van der Waals surface area contributed by atoms with Gasteiger partial charge in [0.15, 0.2) is 6.39 Å². The average molecular weight is 430 g/mol. The fourth-order valence-corrected chi connectivity index (χ4v) is 3.77. The van der Waals surface area contributed by atoms with E-state index in [-0.39, 0.29) is 19.1 Å². The van der Waals surface area contributed by atoms with Crippen LogP contribution in [0.5, 0.6) is 0 Å². The minimum atomic E-state index is -0.411. The van der Waals surface area contributed by atoms with Crippen molar-refractivity contribution in [1.82, 2.24) is 24.1 Å². The van der Waals surface area contributed by atoms with Crippen molar-refractivity contribution < 1.29 is 14.5 Å². The highest BCUT2D eigenvalue weighted by Gasteiger charge is 2.26. The maximum absolute atomic E-state index is 13.1. The smallest absolute Gasteiger partial charge is 0.411 e. The van der Waals surface area contributed by atoms with E-state index in [1.165, 1.54) is 21.7 Å². The number of fused-ring (bicyclic) bond motifs is 1. The summed E-state index contributed by atoms with van der Waals surface area (Å²) in [6, 6.07) is 13.3. The number of nitrogens with zero attached hydrogens (tertiary/aromatic N) is 5. The summed E-state index contributed by atoms with van der Waals surface area (Å²) in [4.78, 5) is 24.8.